The van der Waals surface area contributed by atoms with Crippen molar-refractivity contribution in [2.24, 2.45) is 11.8 Å². The first-order valence-corrected chi connectivity index (χ1v) is 28.3. The van der Waals surface area contributed by atoms with E-state index in [0.29, 0.717) is 32.5 Å². The molecule has 0 aliphatic rings. The summed E-state index contributed by atoms with van der Waals surface area (Å²) in [6, 6.07) is 9.15. The summed E-state index contributed by atoms with van der Waals surface area (Å²) in [5, 5.41) is 11.0. The molecule has 0 radical (unpaired) electrons. The Kier molecular flexibility index (Phi) is 17.5. The molecule has 0 aliphatic carbocycles. The molecule has 1 aromatic rings. The predicted octanol–water partition coefficient (Wildman–Crippen LogP) is 8.09. The molecule has 1 rings (SSSR count). The standard InChI is InChI=1S/C29H49O5Si.3CH3.Sn/c1-8-26(21-33-22-27-12-14-29(31-4)15-13-27)19-28(30)18-24(2)10-9-11-25(3)20-34-23-32-16-17-35(5,6)7;;;;/h11-15,24,26,28,30H,1,9-10,16-23H2,2-7H3;3*1H3;/b25-11+;;;;/t24?,26?,28-;;;;/m1..../s1. The SMILES string of the molecule is C=[C](C(COCc1ccc(OC)cc1)C[C@H](O)CC(C)CC/C=C(\C)COCOCC[Si](C)(C)C)[Sn]([CH3])([CH3])[CH3]. The first kappa shape index (κ1) is 36.4. The van der Waals surface area contributed by atoms with Crippen LogP contribution in [-0.4, -0.2) is 71.4 Å². The Morgan fingerprint density at radius 1 is 1.05 bits per heavy atom. The van der Waals surface area contributed by atoms with Crippen LogP contribution in [0.25, 0.3) is 0 Å². The topological polar surface area (TPSA) is 57.2 Å². The molecule has 224 valence electrons. The number of ether oxygens (including phenoxy) is 4. The fourth-order valence-electron chi connectivity index (χ4n) is 4.34. The summed E-state index contributed by atoms with van der Waals surface area (Å²) in [7, 11) is 0.628. The van der Waals surface area contributed by atoms with E-state index in [9.17, 15) is 5.11 Å². The number of rotatable bonds is 21. The third-order valence-corrected chi connectivity index (χ3v) is 15.4. The average Bonchev–Trinajstić information content (AvgIpc) is 2.84. The van der Waals surface area contributed by atoms with Crippen LogP contribution in [0.5, 0.6) is 5.75 Å². The Morgan fingerprint density at radius 3 is 2.31 bits per heavy atom. The van der Waals surface area contributed by atoms with Gasteiger partial charge >= 0.3 is 194 Å². The van der Waals surface area contributed by atoms with Gasteiger partial charge in [0.05, 0.1) is 0 Å². The number of aliphatic hydroxyl groups excluding tert-OH is 1. The van der Waals surface area contributed by atoms with Gasteiger partial charge in [0.15, 0.2) is 0 Å². The van der Waals surface area contributed by atoms with E-state index in [2.05, 4.69) is 61.0 Å². The van der Waals surface area contributed by atoms with Gasteiger partial charge in [0.2, 0.25) is 0 Å². The van der Waals surface area contributed by atoms with Crippen LogP contribution < -0.4 is 4.74 Å². The summed E-state index contributed by atoms with van der Waals surface area (Å²) in [6.45, 7) is 18.8. The van der Waals surface area contributed by atoms with Gasteiger partial charge in [-0.15, -0.1) is 0 Å². The molecule has 0 amide bonds. The Labute approximate surface area is 245 Å². The van der Waals surface area contributed by atoms with Crippen LogP contribution in [0.3, 0.4) is 0 Å². The zero-order valence-electron chi connectivity index (χ0n) is 26.5. The van der Waals surface area contributed by atoms with Gasteiger partial charge < -0.3 is 4.74 Å². The minimum atomic E-state index is -2.34. The van der Waals surface area contributed by atoms with Crippen LogP contribution in [0.4, 0.5) is 0 Å². The summed E-state index contributed by atoms with van der Waals surface area (Å²) in [4.78, 5) is 7.17. The molecule has 0 saturated carbocycles. The molecule has 7 heteroatoms. The Morgan fingerprint density at radius 2 is 1.72 bits per heavy atom. The van der Waals surface area contributed by atoms with Crippen LogP contribution >= 0.6 is 0 Å². The monoisotopic (exact) mass is 670 g/mol. The van der Waals surface area contributed by atoms with Gasteiger partial charge in [-0.3, -0.25) is 0 Å². The maximum atomic E-state index is 11.0. The molecule has 0 fully saturated rings. The van der Waals surface area contributed by atoms with Crippen molar-refractivity contribution in [1.82, 2.24) is 0 Å². The normalized spacial score (nSPS) is 15.2. The first-order valence-electron chi connectivity index (χ1n) is 14.6. The second-order valence-electron chi connectivity index (χ2n) is 13.4. The van der Waals surface area contributed by atoms with Gasteiger partial charge in [-0.25, -0.2) is 0 Å². The molecule has 1 N–H and O–H groups in total. The van der Waals surface area contributed by atoms with Gasteiger partial charge in [-0.2, -0.15) is 0 Å². The third kappa shape index (κ3) is 17.7. The number of methoxy groups -OCH3 is 1. The predicted molar refractivity (Wildman–Crippen MR) is 171 cm³/mol. The van der Waals surface area contributed by atoms with Crippen molar-refractivity contribution in [1.29, 1.82) is 0 Å². The fraction of sp³-hybridized carbons (Fsp3) is 0.688. The van der Waals surface area contributed by atoms with Crippen LogP contribution in [0, 0.1) is 11.8 Å². The summed E-state index contributed by atoms with van der Waals surface area (Å²) in [5.74, 6) is 1.50. The molecule has 0 heterocycles. The minimum absolute atomic E-state index is 0.202. The van der Waals surface area contributed by atoms with E-state index in [-0.39, 0.29) is 12.0 Å². The summed E-state index contributed by atoms with van der Waals surface area (Å²) in [5.41, 5.74) is 2.36. The molecule has 0 saturated heterocycles. The van der Waals surface area contributed by atoms with E-state index in [1.807, 2.05) is 24.3 Å². The van der Waals surface area contributed by atoms with Crippen molar-refractivity contribution in [3.8, 4) is 5.75 Å². The quantitative estimate of drug-likeness (QED) is 0.0621. The zero-order chi connectivity index (χ0) is 29.5. The Bertz CT molecular complexity index is 842. The van der Waals surface area contributed by atoms with Gasteiger partial charge in [0.25, 0.3) is 0 Å². The molecule has 39 heavy (non-hydrogen) atoms. The third-order valence-electron chi connectivity index (χ3n) is 7.08. The van der Waals surface area contributed by atoms with Crippen molar-refractivity contribution in [3.63, 3.8) is 0 Å². The van der Waals surface area contributed by atoms with E-state index in [4.69, 9.17) is 18.9 Å². The van der Waals surface area contributed by atoms with Gasteiger partial charge in [-0.1, -0.05) is 19.6 Å². The molecule has 0 bridgehead atoms. The number of aliphatic hydroxyl groups is 1. The molecule has 5 nitrogen and oxygen atoms in total. The molecule has 0 spiro atoms. The number of hydrogen-bond donors (Lipinski definition) is 1. The Balaban J connectivity index is 2.43. The Hall–Kier alpha value is -0.644. The fourth-order valence-corrected chi connectivity index (χ4v) is 9.17. The van der Waals surface area contributed by atoms with Crippen molar-refractivity contribution in [3.05, 3.63) is 51.6 Å². The van der Waals surface area contributed by atoms with Crippen LogP contribution in [0.2, 0.25) is 40.5 Å². The maximum absolute atomic E-state index is 11.0. The van der Waals surface area contributed by atoms with E-state index < -0.39 is 26.5 Å². The second-order valence-corrected chi connectivity index (χ2v) is 33.7. The van der Waals surface area contributed by atoms with E-state index in [1.165, 1.54) is 15.2 Å². The zero-order valence-corrected chi connectivity index (χ0v) is 30.3. The van der Waals surface area contributed by atoms with Gasteiger partial charge in [0, 0.05) is 14.7 Å². The number of allylic oxidation sites excluding steroid dienone is 1. The second kappa shape index (κ2) is 18.7. The molecule has 1 aromatic carbocycles. The average molecular weight is 670 g/mol. The van der Waals surface area contributed by atoms with E-state index in [1.54, 1.807) is 7.11 Å². The molecule has 0 aliphatic heterocycles. The molecular weight excluding hydrogens is 611 g/mol. The van der Waals surface area contributed by atoms with Crippen molar-refractivity contribution in [2.75, 3.05) is 33.7 Å². The van der Waals surface area contributed by atoms with Gasteiger partial charge in [-0.05, 0) is 6.04 Å². The van der Waals surface area contributed by atoms with E-state index in [0.717, 1.165) is 43.6 Å². The van der Waals surface area contributed by atoms with Crippen LogP contribution in [0.1, 0.15) is 45.1 Å². The molecule has 3 atom stereocenters. The van der Waals surface area contributed by atoms with Crippen LogP contribution in [-0.2, 0) is 20.8 Å². The van der Waals surface area contributed by atoms with Crippen molar-refractivity contribution >= 4 is 26.5 Å². The number of hydrogen-bond acceptors (Lipinski definition) is 5. The molecular formula is C32H58O5SiSn. The van der Waals surface area contributed by atoms with Crippen LogP contribution in [0.15, 0.2) is 46.1 Å². The van der Waals surface area contributed by atoms with Crippen molar-refractivity contribution in [2.45, 2.75) is 92.7 Å². The first-order chi connectivity index (χ1) is 18.2. The summed E-state index contributed by atoms with van der Waals surface area (Å²) < 4.78 is 24.0. The van der Waals surface area contributed by atoms with E-state index >= 15 is 0 Å². The molecule has 2 unspecified atom stereocenters. The molecule has 0 aromatic heterocycles. The number of benzene rings is 1. The summed E-state index contributed by atoms with van der Waals surface area (Å²) >= 11 is -2.34. The van der Waals surface area contributed by atoms with Gasteiger partial charge in [0.1, 0.15) is 6.79 Å². The summed E-state index contributed by atoms with van der Waals surface area (Å²) in [6.07, 6.45) is 5.49. The van der Waals surface area contributed by atoms with Crippen molar-refractivity contribution < 1.29 is 24.1 Å².